The fourth-order valence-corrected chi connectivity index (χ4v) is 2.60. The molecule has 6 nitrogen and oxygen atoms in total. The Morgan fingerprint density at radius 1 is 1.26 bits per heavy atom. The Morgan fingerprint density at radius 2 is 2.00 bits per heavy atom. The van der Waals surface area contributed by atoms with E-state index >= 15 is 0 Å². The molecule has 0 atom stereocenters. The fraction of sp³-hybridized carbons (Fsp3) is 0.0667. The number of nitro groups is 1. The number of hydrogen-bond donors (Lipinski definition) is 2. The van der Waals surface area contributed by atoms with Gasteiger partial charge in [0.2, 0.25) is 0 Å². The second-order valence-corrected chi connectivity index (χ2v) is 6.33. The molecule has 118 valence electrons. The van der Waals surface area contributed by atoms with Gasteiger partial charge in [-0.1, -0.05) is 12.1 Å². The highest BCUT2D eigenvalue weighted by Gasteiger charge is 2.13. The van der Waals surface area contributed by atoms with Crippen LogP contribution in [0, 0.1) is 20.6 Å². The number of carbonyl (C=O) groups excluding carboxylic acids is 1. The van der Waals surface area contributed by atoms with Gasteiger partial charge in [-0.05, 0) is 66.0 Å². The third-order valence-electron chi connectivity index (χ3n) is 2.98. The highest BCUT2D eigenvalue weighted by atomic mass is 127. The van der Waals surface area contributed by atoms with Gasteiger partial charge >= 0.3 is 0 Å². The van der Waals surface area contributed by atoms with Crippen LogP contribution in [0.5, 0.6) is 0 Å². The maximum absolute atomic E-state index is 12.1. The number of anilines is 1. The summed E-state index contributed by atoms with van der Waals surface area (Å²) in [7, 11) is 0. The third kappa shape index (κ3) is 4.70. The average molecular weight is 441 g/mol. The summed E-state index contributed by atoms with van der Waals surface area (Å²) in [5.41, 5.74) is 1.46. The van der Waals surface area contributed by atoms with Gasteiger partial charge in [0.25, 0.3) is 11.6 Å². The van der Waals surface area contributed by atoms with Crippen LogP contribution in [-0.2, 0) is 0 Å². The fourth-order valence-electron chi connectivity index (χ4n) is 1.85. The van der Waals surface area contributed by atoms with Gasteiger partial charge in [0.05, 0.1) is 4.92 Å². The zero-order chi connectivity index (χ0) is 17.0. The average Bonchev–Trinajstić information content (AvgIpc) is 2.48. The van der Waals surface area contributed by atoms with Crippen molar-refractivity contribution in [3.63, 3.8) is 0 Å². The Balaban J connectivity index is 2.06. The van der Waals surface area contributed by atoms with Crippen LogP contribution in [0.25, 0.3) is 0 Å². The van der Waals surface area contributed by atoms with Gasteiger partial charge in [-0.15, -0.1) is 0 Å². The number of nitrogens with one attached hydrogen (secondary N) is 2. The molecule has 0 aliphatic carbocycles. The van der Waals surface area contributed by atoms with Gasteiger partial charge < -0.3 is 5.32 Å². The minimum absolute atomic E-state index is 0.0123. The van der Waals surface area contributed by atoms with E-state index in [-0.39, 0.29) is 16.7 Å². The molecule has 0 spiro atoms. The molecule has 0 heterocycles. The summed E-state index contributed by atoms with van der Waals surface area (Å²) in [6, 6.07) is 11.7. The molecule has 1 amide bonds. The number of hydrogen-bond acceptors (Lipinski definition) is 4. The molecular formula is C15H12IN3O3S. The Labute approximate surface area is 151 Å². The van der Waals surface area contributed by atoms with Crippen LogP contribution in [0.1, 0.15) is 15.9 Å². The van der Waals surface area contributed by atoms with Crippen molar-refractivity contribution < 1.29 is 9.72 Å². The second kappa shape index (κ2) is 7.47. The van der Waals surface area contributed by atoms with Gasteiger partial charge in [0.15, 0.2) is 5.11 Å². The molecule has 8 heteroatoms. The summed E-state index contributed by atoms with van der Waals surface area (Å²) in [4.78, 5) is 22.5. The zero-order valence-electron chi connectivity index (χ0n) is 12.0. The normalized spacial score (nSPS) is 10.0. The van der Waals surface area contributed by atoms with Gasteiger partial charge in [-0.3, -0.25) is 20.2 Å². The van der Waals surface area contributed by atoms with Crippen LogP contribution in [0.15, 0.2) is 42.5 Å². The lowest BCUT2D eigenvalue weighted by molar-refractivity contribution is -0.385. The molecule has 0 aliphatic rings. The van der Waals surface area contributed by atoms with Crippen molar-refractivity contribution in [2.45, 2.75) is 6.92 Å². The summed E-state index contributed by atoms with van der Waals surface area (Å²) in [5, 5.41) is 16.3. The standard InChI is InChI=1S/C15H12IN3O3S/c1-9-5-6-12(8-13(9)19(21)22)17-15(23)18-14(20)10-3-2-4-11(16)7-10/h2-8H,1H3,(H2,17,18,20,23). The van der Waals surface area contributed by atoms with E-state index in [1.165, 1.54) is 6.07 Å². The Bertz CT molecular complexity index is 795. The van der Waals surface area contributed by atoms with Crippen molar-refractivity contribution in [2.24, 2.45) is 0 Å². The lowest BCUT2D eigenvalue weighted by atomic mass is 10.2. The first-order valence-corrected chi connectivity index (χ1v) is 7.98. The molecule has 0 fully saturated rings. The minimum atomic E-state index is -0.464. The predicted octanol–water partition coefficient (Wildman–Crippen LogP) is 3.63. The van der Waals surface area contributed by atoms with E-state index in [2.05, 4.69) is 33.2 Å². The van der Waals surface area contributed by atoms with Crippen molar-refractivity contribution in [1.82, 2.24) is 5.32 Å². The number of thiocarbonyl (C=S) groups is 1. The molecule has 0 saturated heterocycles. The lowest BCUT2D eigenvalue weighted by Gasteiger charge is -2.10. The number of nitrogens with zero attached hydrogens (tertiary/aromatic N) is 1. The van der Waals surface area contributed by atoms with Crippen LogP contribution >= 0.6 is 34.8 Å². The number of halogens is 1. The van der Waals surface area contributed by atoms with Crippen molar-refractivity contribution in [1.29, 1.82) is 0 Å². The molecule has 0 radical (unpaired) electrons. The Kier molecular flexibility index (Phi) is 5.61. The van der Waals surface area contributed by atoms with Crippen molar-refractivity contribution in [2.75, 3.05) is 5.32 Å². The number of amides is 1. The Hall–Kier alpha value is -2.07. The SMILES string of the molecule is Cc1ccc(NC(=S)NC(=O)c2cccc(I)c2)cc1[N+](=O)[O-]. The molecular weight excluding hydrogens is 429 g/mol. The molecule has 2 N–H and O–H groups in total. The van der Waals surface area contributed by atoms with E-state index in [0.717, 1.165) is 3.57 Å². The molecule has 0 bridgehead atoms. The molecule has 2 aromatic carbocycles. The Morgan fingerprint density at radius 3 is 2.65 bits per heavy atom. The topological polar surface area (TPSA) is 84.3 Å². The smallest absolute Gasteiger partial charge is 0.274 e. The number of aryl methyl sites for hydroxylation is 1. The molecule has 0 aliphatic heterocycles. The van der Waals surface area contributed by atoms with E-state index < -0.39 is 4.92 Å². The van der Waals surface area contributed by atoms with E-state index in [1.807, 2.05) is 6.07 Å². The predicted molar refractivity (Wildman–Crippen MR) is 101 cm³/mol. The third-order valence-corrected chi connectivity index (χ3v) is 3.85. The molecule has 2 rings (SSSR count). The number of carbonyl (C=O) groups is 1. The molecule has 23 heavy (non-hydrogen) atoms. The molecule has 0 unspecified atom stereocenters. The van der Waals surface area contributed by atoms with Crippen LogP contribution in [0.4, 0.5) is 11.4 Å². The van der Waals surface area contributed by atoms with Crippen LogP contribution in [0.3, 0.4) is 0 Å². The highest BCUT2D eigenvalue weighted by Crippen LogP contribution is 2.22. The van der Waals surface area contributed by atoms with Crippen LogP contribution < -0.4 is 10.6 Å². The number of benzene rings is 2. The number of rotatable bonds is 3. The first-order valence-electron chi connectivity index (χ1n) is 6.50. The monoisotopic (exact) mass is 441 g/mol. The lowest BCUT2D eigenvalue weighted by Crippen LogP contribution is -2.34. The molecule has 0 saturated carbocycles. The largest absolute Gasteiger partial charge is 0.332 e. The van der Waals surface area contributed by atoms with Crippen molar-refractivity contribution in [3.8, 4) is 0 Å². The van der Waals surface area contributed by atoms with Crippen molar-refractivity contribution in [3.05, 3.63) is 67.3 Å². The van der Waals surface area contributed by atoms with Crippen LogP contribution in [-0.4, -0.2) is 15.9 Å². The quantitative estimate of drug-likeness (QED) is 0.329. The van der Waals surface area contributed by atoms with Gasteiger partial charge in [-0.2, -0.15) is 0 Å². The maximum atomic E-state index is 12.1. The van der Waals surface area contributed by atoms with E-state index in [9.17, 15) is 14.9 Å². The first-order chi connectivity index (χ1) is 10.9. The molecule has 2 aromatic rings. The van der Waals surface area contributed by atoms with E-state index in [1.54, 1.807) is 37.3 Å². The summed E-state index contributed by atoms with van der Waals surface area (Å²) in [6.07, 6.45) is 0. The van der Waals surface area contributed by atoms with E-state index in [4.69, 9.17) is 12.2 Å². The first kappa shape index (κ1) is 17.3. The summed E-state index contributed by atoms with van der Waals surface area (Å²) in [5.74, 6) is -0.345. The molecule has 0 aromatic heterocycles. The summed E-state index contributed by atoms with van der Waals surface area (Å²) >= 11 is 7.18. The van der Waals surface area contributed by atoms with Crippen LogP contribution in [0.2, 0.25) is 0 Å². The summed E-state index contributed by atoms with van der Waals surface area (Å²) < 4.78 is 0.934. The zero-order valence-corrected chi connectivity index (χ0v) is 15.0. The van der Waals surface area contributed by atoms with E-state index in [0.29, 0.717) is 16.8 Å². The summed E-state index contributed by atoms with van der Waals surface area (Å²) in [6.45, 7) is 1.65. The number of nitro benzene ring substituents is 1. The van der Waals surface area contributed by atoms with Gasteiger partial charge in [0, 0.05) is 26.5 Å². The maximum Gasteiger partial charge on any atom is 0.274 e. The van der Waals surface area contributed by atoms with Gasteiger partial charge in [-0.25, -0.2) is 0 Å². The second-order valence-electron chi connectivity index (χ2n) is 4.68. The minimum Gasteiger partial charge on any atom is -0.332 e. The van der Waals surface area contributed by atoms with Gasteiger partial charge in [0.1, 0.15) is 0 Å². The highest BCUT2D eigenvalue weighted by molar-refractivity contribution is 14.1. The van der Waals surface area contributed by atoms with Crippen molar-refractivity contribution >= 4 is 57.2 Å².